The Kier molecular flexibility index (Phi) is 3.72. The first-order valence-corrected chi connectivity index (χ1v) is 5.47. The maximum atomic E-state index is 9.24. The highest BCUT2D eigenvalue weighted by molar-refractivity contribution is 5.13. The highest BCUT2D eigenvalue weighted by atomic mass is 16.5. The average Bonchev–Trinajstić information content (AvgIpc) is 2.31. The first-order valence-electron chi connectivity index (χ1n) is 5.47. The summed E-state index contributed by atoms with van der Waals surface area (Å²) in [5, 5.41) is 9.24. The van der Waals surface area contributed by atoms with Crippen LogP contribution in [0.1, 0.15) is 5.56 Å². The Morgan fingerprint density at radius 2 is 2.13 bits per heavy atom. The molecule has 2 N–H and O–H groups in total. The zero-order valence-electron chi connectivity index (χ0n) is 8.86. The van der Waals surface area contributed by atoms with Gasteiger partial charge in [0.15, 0.2) is 0 Å². The lowest BCUT2D eigenvalue weighted by atomic mass is 10.1. The van der Waals surface area contributed by atoms with Crippen molar-refractivity contribution in [3.8, 4) is 0 Å². The summed E-state index contributed by atoms with van der Waals surface area (Å²) in [6.07, 6.45) is 0. The van der Waals surface area contributed by atoms with Crippen molar-refractivity contribution in [2.45, 2.75) is 12.6 Å². The van der Waals surface area contributed by atoms with Crippen molar-refractivity contribution in [1.29, 1.82) is 0 Å². The van der Waals surface area contributed by atoms with Crippen molar-refractivity contribution in [3.05, 3.63) is 35.9 Å². The van der Waals surface area contributed by atoms with Gasteiger partial charge < -0.3 is 14.7 Å². The Bertz CT molecular complexity index is 289. The van der Waals surface area contributed by atoms with Crippen LogP contribution in [0.3, 0.4) is 0 Å². The quantitative estimate of drug-likeness (QED) is 0.700. The lowest BCUT2D eigenvalue weighted by molar-refractivity contribution is -0.947. The minimum Gasteiger partial charge on any atom is -0.390 e. The molecule has 2 rings (SSSR count). The van der Waals surface area contributed by atoms with Crippen LogP contribution < -0.4 is 4.90 Å². The van der Waals surface area contributed by atoms with E-state index in [1.165, 1.54) is 10.5 Å². The standard InChI is InChI=1S/C12H17NO2/c14-9-12-10-15-7-6-13(12)8-11-4-2-1-3-5-11/h1-5,12,14H,6-10H2/p+1/t12-/m1/s1. The second-order valence-corrected chi connectivity index (χ2v) is 4.03. The van der Waals surface area contributed by atoms with Gasteiger partial charge in [-0.05, 0) is 0 Å². The molecule has 1 saturated heterocycles. The Morgan fingerprint density at radius 3 is 2.87 bits per heavy atom. The summed E-state index contributed by atoms with van der Waals surface area (Å²) in [7, 11) is 0. The fraction of sp³-hybridized carbons (Fsp3) is 0.500. The van der Waals surface area contributed by atoms with E-state index in [4.69, 9.17) is 4.74 Å². The van der Waals surface area contributed by atoms with Crippen LogP contribution in [0.4, 0.5) is 0 Å². The SMILES string of the molecule is OC[C@@H]1COCC[NH+]1Cc1ccccc1. The first kappa shape index (κ1) is 10.6. The molecule has 1 fully saturated rings. The Balaban J connectivity index is 1.97. The van der Waals surface area contributed by atoms with Gasteiger partial charge in [0.1, 0.15) is 25.7 Å². The topological polar surface area (TPSA) is 33.9 Å². The van der Waals surface area contributed by atoms with Gasteiger partial charge in [0, 0.05) is 5.56 Å². The van der Waals surface area contributed by atoms with Crippen molar-refractivity contribution in [3.63, 3.8) is 0 Å². The molecule has 1 heterocycles. The summed E-state index contributed by atoms with van der Waals surface area (Å²) >= 11 is 0. The van der Waals surface area contributed by atoms with E-state index >= 15 is 0 Å². The van der Waals surface area contributed by atoms with Crippen LogP contribution in [0, 0.1) is 0 Å². The normalized spacial score (nSPS) is 26.5. The molecule has 82 valence electrons. The number of rotatable bonds is 3. The van der Waals surface area contributed by atoms with Crippen LogP contribution in [0.25, 0.3) is 0 Å². The molecular formula is C12H18NO2+. The first-order chi connectivity index (χ1) is 7.40. The monoisotopic (exact) mass is 208 g/mol. The Hall–Kier alpha value is -0.900. The van der Waals surface area contributed by atoms with Crippen LogP contribution in [-0.2, 0) is 11.3 Å². The predicted molar refractivity (Wildman–Crippen MR) is 57.7 cm³/mol. The van der Waals surface area contributed by atoms with Crippen LogP contribution in [-0.4, -0.2) is 37.5 Å². The zero-order valence-corrected chi connectivity index (χ0v) is 8.86. The number of hydrogen-bond acceptors (Lipinski definition) is 2. The van der Waals surface area contributed by atoms with Crippen LogP contribution in [0.5, 0.6) is 0 Å². The summed E-state index contributed by atoms with van der Waals surface area (Å²) < 4.78 is 5.36. The molecule has 1 aliphatic heterocycles. The maximum absolute atomic E-state index is 9.24. The van der Waals surface area contributed by atoms with E-state index in [0.29, 0.717) is 6.61 Å². The van der Waals surface area contributed by atoms with E-state index in [-0.39, 0.29) is 12.6 Å². The molecular weight excluding hydrogens is 190 g/mol. The van der Waals surface area contributed by atoms with Gasteiger partial charge in [0.2, 0.25) is 0 Å². The number of hydrogen-bond donors (Lipinski definition) is 2. The van der Waals surface area contributed by atoms with Crippen molar-refractivity contribution in [2.24, 2.45) is 0 Å². The second kappa shape index (κ2) is 5.26. The van der Waals surface area contributed by atoms with Crippen molar-refractivity contribution in [2.75, 3.05) is 26.4 Å². The highest BCUT2D eigenvalue weighted by Crippen LogP contribution is 1.97. The predicted octanol–water partition coefficient (Wildman–Crippen LogP) is -0.537. The molecule has 0 saturated carbocycles. The summed E-state index contributed by atoms with van der Waals surface area (Å²) in [6.45, 7) is 3.66. The van der Waals surface area contributed by atoms with Crippen LogP contribution >= 0.6 is 0 Å². The highest BCUT2D eigenvalue weighted by Gasteiger charge is 2.25. The molecule has 1 unspecified atom stereocenters. The zero-order chi connectivity index (χ0) is 10.5. The smallest absolute Gasteiger partial charge is 0.135 e. The van der Waals surface area contributed by atoms with Gasteiger partial charge >= 0.3 is 0 Å². The van der Waals surface area contributed by atoms with E-state index in [1.54, 1.807) is 0 Å². The van der Waals surface area contributed by atoms with Gasteiger partial charge in [0.25, 0.3) is 0 Å². The summed E-state index contributed by atoms with van der Waals surface area (Å²) in [5.41, 5.74) is 1.33. The third-order valence-corrected chi connectivity index (χ3v) is 2.96. The van der Waals surface area contributed by atoms with Gasteiger partial charge in [-0.1, -0.05) is 30.3 Å². The fourth-order valence-corrected chi connectivity index (χ4v) is 2.02. The average molecular weight is 208 g/mol. The third-order valence-electron chi connectivity index (χ3n) is 2.96. The number of ether oxygens (including phenoxy) is 1. The van der Waals surface area contributed by atoms with E-state index in [0.717, 1.165) is 19.7 Å². The number of quaternary nitrogens is 1. The lowest BCUT2D eigenvalue weighted by Gasteiger charge is -2.31. The van der Waals surface area contributed by atoms with Gasteiger partial charge in [-0.3, -0.25) is 0 Å². The largest absolute Gasteiger partial charge is 0.390 e. The number of morpholine rings is 1. The molecule has 0 bridgehead atoms. The van der Waals surface area contributed by atoms with Crippen molar-refractivity contribution in [1.82, 2.24) is 0 Å². The molecule has 3 heteroatoms. The molecule has 3 nitrogen and oxygen atoms in total. The van der Waals surface area contributed by atoms with Gasteiger partial charge in [-0.2, -0.15) is 0 Å². The number of nitrogens with one attached hydrogen (secondary N) is 1. The molecule has 15 heavy (non-hydrogen) atoms. The van der Waals surface area contributed by atoms with E-state index in [9.17, 15) is 5.11 Å². The second-order valence-electron chi connectivity index (χ2n) is 4.03. The summed E-state index contributed by atoms with van der Waals surface area (Å²) in [5.74, 6) is 0. The third kappa shape index (κ3) is 2.78. The summed E-state index contributed by atoms with van der Waals surface area (Å²) in [4.78, 5) is 1.43. The van der Waals surface area contributed by atoms with E-state index in [2.05, 4.69) is 24.3 Å². The number of aliphatic hydroxyl groups excluding tert-OH is 1. The van der Waals surface area contributed by atoms with E-state index in [1.807, 2.05) is 6.07 Å². The molecule has 0 amide bonds. The molecule has 1 aromatic carbocycles. The number of aliphatic hydroxyl groups is 1. The molecule has 0 aliphatic carbocycles. The molecule has 0 spiro atoms. The van der Waals surface area contributed by atoms with E-state index < -0.39 is 0 Å². The minimum atomic E-state index is 0.210. The van der Waals surface area contributed by atoms with Crippen molar-refractivity contribution < 1.29 is 14.7 Å². The molecule has 0 radical (unpaired) electrons. The lowest BCUT2D eigenvalue weighted by Crippen LogP contribution is -3.17. The van der Waals surface area contributed by atoms with Crippen LogP contribution in [0.2, 0.25) is 0 Å². The Morgan fingerprint density at radius 1 is 1.33 bits per heavy atom. The molecule has 2 atom stereocenters. The molecule has 0 aromatic heterocycles. The fourth-order valence-electron chi connectivity index (χ4n) is 2.02. The minimum absolute atomic E-state index is 0.210. The van der Waals surface area contributed by atoms with Crippen LogP contribution in [0.15, 0.2) is 30.3 Å². The Labute approximate surface area is 90.3 Å². The van der Waals surface area contributed by atoms with Crippen molar-refractivity contribution >= 4 is 0 Å². The molecule has 1 aliphatic rings. The van der Waals surface area contributed by atoms with Gasteiger partial charge in [0.05, 0.1) is 13.2 Å². The number of benzene rings is 1. The van der Waals surface area contributed by atoms with Gasteiger partial charge in [-0.25, -0.2) is 0 Å². The molecule has 1 aromatic rings. The maximum Gasteiger partial charge on any atom is 0.135 e. The van der Waals surface area contributed by atoms with Gasteiger partial charge in [-0.15, -0.1) is 0 Å². The summed E-state index contributed by atoms with van der Waals surface area (Å²) in [6, 6.07) is 10.7.